The zero-order valence-electron chi connectivity index (χ0n) is 11.3. The van der Waals surface area contributed by atoms with E-state index in [1.165, 1.54) is 13.0 Å². The molecule has 0 rings (SSSR count). The van der Waals surface area contributed by atoms with Crippen LogP contribution in [0.3, 0.4) is 0 Å². The van der Waals surface area contributed by atoms with E-state index in [1.54, 1.807) is 0 Å². The molecule has 0 aromatic carbocycles. The summed E-state index contributed by atoms with van der Waals surface area (Å²) in [5.74, 6) is 1.50. The highest BCUT2D eigenvalue weighted by atomic mass is 15.1. The maximum Gasteiger partial charge on any atom is 0.0170 e. The van der Waals surface area contributed by atoms with Gasteiger partial charge in [0.1, 0.15) is 0 Å². The van der Waals surface area contributed by atoms with Crippen LogP contribution in [0.2, 0.25) is 0 Å². The van der Waals surface area contributed by atoms with E-state index in [0.717, 1.165) is 25.4 Å². The lowest BCUT2D eigenvalue weighted by Crippen LogP contribution is -2.40. The van der Waals surface area contributed by atoms with Crippen LogP contribution >= 0.6 is 0 Å². The molecule has 2 N–H and O–H groups in total. The predicted molar refractivity (Wildman–Crippen MR) is 69.0 cm³/mol. The van der Waals surface area contributed by atoms with Crippen molar-refractivity contribution in [3.05, 3.63) is 0 Å². The molecule has 0 heterocycles. The number of nitrogens with zero attached hydrogens (tertiary/aromatic N) is 1. The molecule has 0 fully saturated rings. The van der Waals surface area contributed by atoms with Crippen LogP contribution in [0.1, 0.15) is 47.5 Å². The molecular weight excluding hydrogens is 184 g/mol. The molecule has 2 atom stereocenters. The Balaban J connectivity index is 3.87. The normalized spacial score (nSPS) is 16.0. The standard InChI is InChI=1S/C13H30N2/c1-6-12(5)9-15(7-2)10-13(14)8-11(3)4/h11-13H,6-10,14H2,1-5H3. The van der Waals surface area contributed by atoms with Crippen LogP contribution < -0.4 is 5.73 Å². The topological polar surface area (TPSA) is 29.3 Å². The fraction of sp³-hybridized carbons (Fsp3) is 1.00. The van der Waals surface area contributed by atoms with Gasteiger partial charge in [-0.05, 0) is 24.8 Å². The van der Waals surface area contributed by atoms with Crippen molar-refractivity contribution in [3.63, 3.8) is 0 Å². The Hall–Kier alpha value is -0.0800. The molecule has 0 saturated carbocycles. The summed E-state index contributed by atoms with van der Waals surface area (Å²) in [5, 5.41) is 0. The van der Waals surface area contributed by atoms with E-state index in [1.807, 2.05) is 0 Å². The van der Waals surface area contributed by atoms with Gasteiger partial charge in [0.2, 0.25) is 0 Å². The average Bonchev–Trinajstić information content (AvgIpc) is 2.15. The Morgan fingerprint density at radius 1 is 1.07 bits per heavy atom. The van der Waals surface area contributed by atoms with Crippen molar-refractivity contribution in [3.8, 4) is 0 Å². The first-order valence-electron chi connectivity index (χ1n) is 6.47. The summed E-state index contributed by atoms with van der Waals surface area (Å²) in [5.41, 5.74) is 6.13. The Bertz CT molecular complexity index is 145. The van der Waals surface area contributed by atoms with Crippen LogP contribution in [0.25, 0.3) is 0 Å². The van der Waals surface area contributed by atoms with E-state index in [2.05, 4.69) is 39.5 Å². The van der Waals surface area contributed by atoms with Crippen molar-refractivity contribution < 1.29 is 0 Å². The second kappa shape index (κ2) is 8.12. The van der Waals surface area contributed by atoms with Gasteiger partial charge >= 0.3 is 0 Å². The fourth-order valence-electron chi connectivity index (χ4n) is 1.91. The van der Waals surface area contributed by atoms with E-state index in [-0.39, 0.29) is 0 Å². The fourth-order valence-corrected chi connectivity index (χ4v) is 1.91. The summed E-state index contributed by atoms with van der Waals surface area (Å²) < 4.78 is 0. The maximum atomic E-state index is 6.13. The highest BCUT2D eigenvalue weighted by Gasteiger charge is 2.12. The molecule has 0 aromatic rings. The SMILES string of the molecule is CCC(C)CN(CC)CC(N)CC(C)C. The lowest BCUT2D eigenvalue weighted by molar-refractivity contribution is 0.224. The summed E-state index contributed by atoms with van der Waals surface area (Å²) in [6.45, 7) is 14.7. The molecule has 0 amide bonds. The minimum absolute atomic E-state index is 0.342. The number of likely N-dealkylation sites (N-methyl/N-ethyl adjacent to an activating group) is 1. The van der Waals surface area contributed by atoms with Crippen molar-refractivity contribution in [2.75, 3.05) is 19.6 Å². The molecule has 0 saturated heterocycles. The van der Waals surface area contributed by atoms with E-state index in [0.29, 0.717) is 12.0 Å². The predicted octanol–water partition coefficient (Wildman–Crippen LogP) is 2.73. The highest BCUT2D eigenvalue weighted by molar-refractivity contribution is 4.70. The van der Waals surface area contributed by atoms with Gasteiger partial charge in [0.25, 0.3) is 0 Å². The summed E-state index contributed by atoms with van der Waals surface area (Å²) in [7, 11) is 0. The summed E-state index contributed by atoms with van der Waals surface area (Å²) in [6.07, 6.45) is 2.40. The zero-order chi connectivity index (χ0) is 11.8. The Morgan fingerprint density at radius 2 is 1.67 bits per heavy atom. The van der Waals surface area contributed by atoms with Gasteiger partial charge in [0.15, 0.2) is 0 Å². The third-order valence-electron chi connectivity index (χ3n) is 2.98. The van der Waals surface area contributed by atoms with Crippen LogP contribution in [0.4, 0.5) is 0 Å². The van der Waals surface area contributed by atoms with Crippen molar-refractivity contribution in [1.82, 2.24) is 4.90 Å². The second-order valence-corrected chi connectivity index (χ2v) is 5.26. The molecule has 0 aliphatic heterocycles. The lowest BCUT2D eigenvalue weighted by Gasteiger charge is -2.27. The van der Waals surface area contributed by atoms with Crippen LogP contribution in [0, 0.1) is 11.8 Å². The third kappa shape index (κ3) is 7.80. The molecule has 0 bridgehead atoms. The van der Waals surface area contributed by atoms with E-state index < -0.39 is 0 Å². The summed E-state index contributed by atoms with van der Waals surface area (Å²) in [6, 6.07) is 0.342. The highest BCUT2D eigenvalue weighted by Crippen LogP contribution is 2.08. The zero-order valence-corrected chi connectivity index (χ0v) is 11.3. The van der Waals surface area contributed by atoms with Gasteiger partial charge in [-0.3, -0.25) is 0 Å². The first kappa shape index (κ1) is 14.9. The summed E-state index contributed by atoms with van der Waals surface area (Å²) >= 11 is 0. The first-order chi connectivity index (χ1) is 6.99. The van der Waals surface area contributed by atoms with E-state index in [4.69, 9.17) is 5.73 Å². The molecular formula is C13H30N2. The van der Waals surface area contributed by atoms with E-state index in [9.17, 15) is 0 Å². The lowest BCUT2D eigenvalue weighted by atomic mass is 10.0. The smallest absolute Gasteiger partial charge is 0.0170 e. The molecule has 2 heteroatoms. The number of hydrogen-bond acceptors (Lipinski definition) is 2. The average molecular weight is 214 g/mol. The first-order valence-corrected chi connectivity index (χ1v) is 6.47. The van der Waals surface area contributed by atoms with Crippen LogP contribution in [0.15, 0.2) is 0 Å². The molecule has 15 heavy (non-hydrogen) atoms. The quantitative estimate of drug-likeness (QED) is 0.673. The van der Waals surface area contributed by atoms with Gasteiger partial charge in [0, 0.05) is 19.1 Å². The number of hydrogen-bond donors (Lipinski definition) is 1. The molecule has 0 spiro atoms. The number of rotatable bonds is 8. The second-order valence-electron chi connectivity index (χ2n) is 5.26. The molecule has 2 unspecified atom stereocenters. The molecule has 92 valence electrons. The van der Waals surface area contributed by atoms with Gasteiger partial charge in [0.05, 0.1) is 0 Å². The van der Waals surface area contributed by atoms with Gasteiger partial charge < -0.3 is 10.6 Å². The molecule has 0 aromatic heterocycles. The Kier molecular flexibility index (Phi) is 8.07. The molecule has 0 aliphatic carbocycles. The van der Waals surface area contributed by atoms with Gasteiger partial charge in [-0.1, -0.05) is 41.0 Å². The van der Waals surface area contributed by atoms with Gasteiger partial charge in [-0.2, -0.15) is 0 Å². The minimum atomic E-state index is 0.342. The van der Waals surface area contributed by atoms with Crippen LogP contribution in [-0.2, 0) is 0 Å². The van der Waals surface area contributed by atoms with Crippen LogP contribution in [-0.4, -0.2) is 30.6 Å². The maximum absolute atomic E-state index is 6.13. The Morgan fingerprint density at radius 3 is 2.07 bits per heavy atom. The van der Waals surface area contributed by atoms with Crippen molar-refractivity contribution in [1.29, 1.82) is 0 Å². The van der Waals surface area contributed by atoms with Crippen molar-refractivity contribution in [2.24, 2.45) is 17.6 Å². The van der Waals surface area contributed by atoms with Crippen molar-refractivity contribution >= 4 is 0 Å². The van der Waals surface area contributed by atoms with Gasteiger partial charge in [-0.25, -0.2) is 0 Å². The molecule has 0 aliphatic rings. The molecule has 2 nitrogen and oxygen atoms in total. The van der Waals surface area contributed by atoms with Crippen LogP contribution in [0.5, 0.6) is 0 Å². The monoisotopic (exact) mass is 214 g/mol. The van der Waals surface area contributed by atoms with Crippen molar-refractivity contribution in [2.45, 2.75) is 53.5 Å². The number of nitrogens with two attached hydrogens (primary N) is 1. The largest absolute Gasteiger partial charge is 0.327 e. The Labute approximate surface area is 96.2 Å². The summed E-state index contributed by atoms with van der Waals surface area (Å²) in [4.78, 5) is 2.49. The van der Waals surface area contributed by atoms with Gasteiger partial charge in [-0.15, -0.1) is 0 Å². The third-order valence-corrected chi connectivity index (χ3v) is 2.98. The minimum Gasteiger partial charge on any atom is -0.327 e. The van der Waals surface area contributed by atoms with E-state index >= 15 is 0 Å². The molecule has 0 radical (unpaired) electrons.